The van der Waals surface area contributed by atoms with Gasteiger partial charge in [0.2, 0.25) is 0 Å². The minimum atomic E-state index is 0.0490. The van der Waals surface area contributed by atoms with E-state index in [4.69, 9.17) is 11.6 Å². The second-order valence-corrected chi connectivity index (χ2v) is 5.34. The molecule has 1 unspecified atom stereocenters. The van der Waals surface area contributed by atoms with Gasteiger partial charge in [0.15, 0.2) is 0 Å². The number of aryl methyl sites for hydroxylation is 3. The van der Waals surface area contributed by atoms with Gasteiger partial charge in [0, 0.05) is 13.0 Å². The average Bonchev–Trinajstić information content (AvgIpc) is 2.63. The van der Waals surface area contributed by atoms with Gasteiger partial charge in [-0.15, -0.1) is 0 Å². The summed E-state index contributed by atoms with van der Waals surface area (Å²) in [4.78, 5) is 0. The molecule has 1 N–H and O–H groups in total. The lowest BCUT2D eigenvalue weighted by molar-refractivity contribution is 0.263. The van der Waals surface area contributed by atoms with E-state index in [1.165, 1.54) is 5.56 Å². The van der Waals surface area contributed by atoms with Crippen LogP contribution in [0.15, 0.2) is 24.3 Å². The molecule has 102 valence electrons. The van der Waals surface area contributed by atoms with Crippen molar-refractivity contribution in [3.05, 3.63) is 51.8 Å². The van der Waals surface area contributed by atoms with E-state index in [0.29, 0.717) is 11.4 Å². The molecular weight excluding hydrogens is 260 g/mol. The number of hydrogen-bond acceptors (Lipinski definition) is 2. The molecule has 0 aliphatic carbocycles. The maximum Gasteiger partial charge on any atom is 0.0847 e. The van der Waals surface area contributed by atoms with E-state index in [2.05, 4.69) is 36.3 Å². The first-order valence-corrected chi connectivity index (χ1v) is 6.76. The van der Waals surface area contributed by atoms with Crippen LogP contribution in [0.5, 0.6) is 0 Å². The average molecular weight is 279 g/mol. The highest BCUT2D eigenvalue weighted by molar-refractivity contribution is 6.31. The van der Waals surface area contributed by atoms with Crippen molar-refractivity contribution in [2.75, 3.05) is 6.61 Å². The van der Waals surface area contributed by atoms with Crippen LogP contribution >= 0.6 is 11.6 Å². The molecule has 2 aromatic rings. The lowest BCUT2D eigenvalue weighted by Crippen LogP contribution is -2.11. The molecule has 3 nitrogen and oxygen atoms in total. The van der Waals surface area contributed by atoms with Crippen molar-refractivity contribution in [2.45, 2.75) is 26.2 Å². The normalized spacial score (nSPS) is 12.7. The molecule has 0 saturated carbocycles. The number of benzene rings is 1. The topological polar surface area (TPSA) is 38.1 Å². The van der Waals surface area contributed by atoms with Crippen LogP contribution in [0.2, 0.25) is 5.02 Å². The quantitative estimate of drug-likeness (QED) is 0.934. The summed E-state index contributed by atoms with van der Waals surface area (Å²) in [5, 5.41) is 14.6. The Kier molecular flexibility index (Phi) is 4.27. The Balaban J connectivity index is 2.26. The standard InChI is InChI=1S/C15H19ClN2O/c1-10-4-6-12(7-5-10)13(9-19)8-14-15(16)11(2)17-18(14)3/h4-7,13,19H,8-9H2,1-3H3. The molecule has 19 heavy (non-hydrogen) atoms. The zero-order chi connectivity index (χ0) is 14.0. The van der Waals surface area contributed by atoms with Crippen molar-refractivity contribution in [2.24, 2.45) is 7.05 Å². The molecule has 1 atom stereocenters. The molecule has 0 bridgehead atoms. The monoisotopic (exact) mass is 278 g/mol. The number of hydrogen-bond donors (Lipinski definition) is 1. The number of aliphatic hydroxyl groups is 1. The maximum atomic E-state index is 9.63. The van der Waals surface area contributed by atoms with Gasteiger partial charge >= 0.3 is 0 Å². The number of aromatic nitrogens is 2. The van der Waals surface area contributed by atoms with Gasteiger partial charge in [0.25, 0.3) is 0 Å². The van der Waals surface area contributed by atoms with E-state index in [1.807, 2.05) is 14.0 Å². The van der Waals surface area contributed by atoms with Crippen LogP contribution in [-0.2, 0) is 13.5 Å². The van der Waals surface area contributed by atoms with E-state index in [9.17, 15) is 5.11 Å². The highest BCUT2D eigenvalue weighted by Crippen LogP contribution is 2.26. The van der Waals surface area contributed by atoms with Crippen LogP contribution in [0.25, 0.3) is 0 Å². The van der Waals surface area contributed by atoms with Crippen LogP contribution in [-0.4, -0.2) is 21.5 Å². The van der Waals surface area contributed by atoms with Crippen LogP contribution in [0.4, 0.5) is 0 Å². The van der Waals surface area contributed by atoms with Gasteiger partial charge in [-0.3, -0.25) is 4.68 Å². The summed E-state index contributed by atoms with van der Waals surface area (Å²) >= 11 is 6.26. The third kappa shape index (κ3) is 2.99. The maximum absolute atomic E-state index is 9.63. The van der Waals surface area contributed by atoms with Gasteiger partial charge in [-0.05, 0) is 25.8 Å². The zero-order valence-corrected chi connectivity index (χ0v) is 12.3. The first kappa shape index (κ1) is 14.1. The Hall–Kier alpha value is -1.32. The van der Waals surface area contributed by atoms with Crippen molar-refractivity contribution < 1.29 is 5.11 Å². The molecule has 1 aromatic heterocycles. The summed E-state index contributed by atoms with van der Waals surface area (Å²) in [5.41, 5.74) is 4.15. The van der Waals surface area contributed by atoms with Crippen molar-refractivity contribution in [3.63, 3.8) is 0 Å². The molecule has 4 heteroatoms. The second-order valence-electron chi connectivity index (χ2n) is 4.96. The van der Waals surface area contributed by atoms with Crippen LogP contribution in [0.1, 0.15) is 28.4 Å². The van der Waals surface area contributed by atoms with E-state index in [1.54, 1.807) is 4.68 Å². The van der Waals surface area contributed by atoms with Gasteiger partial charge in [-0.25, -0.2) is 0 Å². The smallest absolute Gasteiger partial charge is 0.0847 e. The predicted octanol–water partition coefficient (Wildman–Crippen LogP) is 3.01. The highest BCUT2D eigenvalue weighted by Gasteiger charge is 2.18. The molecule has 0 amide bonds. The molecule has 1 heterocycles. The van der Waals surface area contributed by atoms with Gasteiger partial charge in [-0.1, -0.05) is 41.4 Å². The van der Waals surface area contributed by atoms with Crippen molar-refractivity contribution >= 4 is 11.6 Å². The van der Waals surface area contributed by atoms with Gasteiger partial charge < -0.3 is 5.11 Å². The molecule has 1 aromatic carbocycles. The first-order valence-electron chi connectivity index (χ1n) is 6.38. The number of nitrogens with zero attached hydrogens (tertiary/aromatic N) is 2. The Morgan fingerprint density at radius 1 is 1.26 bits per heavy atom. The molecule has 0 spiro atoms. The third-order valence-electron chi connectivity index (χ3n) is 3.47. The second kappa shape index (κ2) is 5.76. The van der Waals surface area contributed by atoms with Crippen LogP contribution in [0, 0.1) is 13.8 Å². The Labute approximate surface area is 118 Å². The van der Waals surface area contributed by atoms with E-state index < -0.39 is 0 Å². The third-order valence-corrected chi connectivity index (χ3v) is 3.96. The lowest BCUT2D eigenvalue weighted by atomic mass is 9.94. The summed E-state index contributed by atoms with van der Waals surface area (Å²) in [7, 11) is 1.89. The Morgan fingerprint density at radius 3 is 2.37 bits per heavy atom. The van der Waals surface area contributed by atoms with Gasteiger partial charge in [-0.2, -0.15) is 5.10 Å². The number of aliphatic hydroxyl groups excluding tert-OH is 1. The Bertz CT molecular complexity index is 560. The summed E-state index contributed by atoms with van der Waals surface area (Å²) in [6.07, 6.45) is 0.690. The predicted molar refractivity (Wildman–Crippen MR) is 77.7 cm³/mol. The summed E-state index contributed by atoms with van der Waals surface area (Å²) in [6, 6.07) is 8.25. The van der Waals surface area contributed by atoms with Crippen molar-refractivity contribution in [1.82, 2.24) is 9.78 Å². The largest absolute Gasteiger partial charge is 0.396 e. The van der Waals surface area contributed by atoms with E-state index in [-0.39, 0.29) is 12.5 Å². The molecule has 0 aliphatic heterocycles. The minimum absolute atomic E-state index is 0.0490. The lowest BCUT2D eigenvalue weighted by Gasteiger charge is -2.15. The fourth-order valence-corrected chi connectivity index (χ4v) is 2.50. The summed E-state index contributed by atoms with van der Waals surface area (Å²) in [6.45, 7) is 4.05. The van der Waals surface area contributed by atoms with E-state index in [0.717, 1.165) is 17.0 Å². The molecule has 0 fully saturated rings. The van der Waals surface area contributed by atoms with Crippen LogP contribution in [0.3, 0.4) is 0 Å². The fourth-order valence-electron chi connectivity index (χ4n) is 2.26. The molecular formula is C15H19ClN2O. The van der Waals surface area contributed by atoms with Crippen LogP contribution < -0.4 is 0 Å². The number of rotatable bonds is 4. The summed E-state index contributed by atoms with van der Waals surface area (Å²) < 4.78 is 1.80. The highest BCUT2D eigenvalue weighted by atomic mass is 35.5. The molecule has 0 radical (unpaired) electrons. The minimum Gasteiger partial charge on any atom is -0.396 e. The van der Waals surface area contributed by atoms with Gasteiger partial charge in [0.1, 0.15) is 0 Å². The number of halogens is 1. The van der Waals surface area contributed by atoms with Crippen molar-refractivity contribution in [1.29, 1.82) is 0 Å². The van der Waals surface area contributed by atoms with Crippen molar-refractivity contribution in [3.8, 4) is 0 Å². The molecule has 0 saturated heterocycles. The molecule has 2 rings (SSSR count). The fraction of sp³-hybridized carbons (Fsp3) is 0.400. The SMILES string of the molecule is Cc1ccc(C(CO)Cc2c(Cl)c(C)nn2C)cc1. The Morgan fingerprint density at radius 2 is 1.89 bits per heavy atom. The summed E-state index contributed by atoms with van der Waals surface area (Å²) in [5.74, 6) is 0.0490. The zero-order valence-electron chi connectivity index (χ0n) is 11.5. The van der Waals surface area contributed by atoms with Gasteiger partial charge in [0.05, 0.1) is 23.0 Å². The molecule has 0 aliphatic rings. The van der Waals surface area contributed by atoms with E-state index >= 15 is 0 Å². The first-order chi connectivity index (χ1) is 9.02.